The molecule has 0 aliphatic rings. The molecule has 236 valence electrons. The highest BCUT2D eigenvalue weighted by Crippen LogP contribution is 2.14. The molecular weight excluding hydrogens is 494 g/mol. The fourth-order valence-electron chi connectivity index (χ4n) is 4.25. The fourth-order valence-corrected chi connectivity index (χ4v) is 4.25. The lowest BCUT2D eigenvalue weighted by atomic mass is 10.0. The Hall–Kier alpha value is 0.0900. The van der Waals surface area contributed by atoms with Crippen LogP contribution in [0.1, 0.15) is 148 Å². The van der Waals surface area contributed by atoms with E-state index >= 15 is 0 Å². The summed E-state index contributed by atoms with van der Waals surface area (Å²) in [4.78, 5) is 2.79. The molecule has 0 spiro atoms. The summed E-state index contributed by atoms with van der Waals surface area (Å²) in [6.45, 7) is 5.70. The molecule has 0 radical (unpaired) electrons. The average Bonchev–Trinajstić information content (AvgIpc) is 2.88. The number of aliphatic hydroxyl groups excluding tert-OH is 2. The number of nitrogens with one attached hydrogen (secondary N) is 3. The quantitative estimate of drug-likeness (QED) is 0.121. The van der Waals surface area contributed by atoms with Crippen molar-refractivity contribution >= 4 is 0 Å². The lowest BCUT2D eigenvalue weighted by Crippen LogP contribution is -3.05. The van der Waals surface area contributed by atoms with Gasteiger partial charge in [0.2, 0.25) is 0 Å². The third-order valence-electron chi connectivity index (χ3n) is 6.70. The van der Waals surface area contributed by atoms with Crippen LogP contribution in [0.3, 0.4) is 0 Å². The number of hydrogen-bond donors (Lipinski definition) is 4. The van der Waals surface area contributed by atoms with E-state index in [1.165, 1.54) is 132 Å². The first-order valence-electron chi connectivity index (χ1n) is 16.4. The zero-order valence-corrected chi connectivity index (χ0v) is 27.6. The fraction of sp³-hybridized carbons (Fsp3) is 1.00. The Kier molecular flexibility index (Phi) is 52.4. The summed E-state index contributed by atoms with van der Waals surface area (Å²) in [6.07, 6.45) is 30.3. The van der Waals surface area contributed by atoms with E-state index in [1.54, 1.807) is 0 Å². The predicted molar refractivity (Wildman–Crippen MR) is 166 cm³/mol. The van der Waals surface area contributed by atoms with Crippen molar-refractivity contribution in [3.8, 4) is 0 Å². The van der Waals surface area contributed by atoms with E-state index in [-0.39, 0.29) is 12.4 Å². The second kappa shape index (κ2) is 44.1. The summed E-state index contributed by atoms with van der Waals surface area (Å²) in [6, 6.07) is 0. The van der Waals surface area contributed by atoms with Crippen molar-refractivity contribution in [2.75, 3.05) is 61.0 Å². The van der Waals surface area contributed by atoms with Crippen molar-refractivity contribution < 1.29 is 32.4 Å². The largest absolute Gasteiger partial charge is 1.00 e. The van der Waals surface area contributed by atoms with Crippen LogP contribution in [0.2, 0.25) is 0 Å². The minimum Gasteiger partial charge on any atom is -1.00 e. The zero-order valence-electron chi connectivity index (χ0n) is 26.9. The number of quaternary nitrogens is 2. The van der Waals surface area contributed by atoms with Gasteiger partial charge < -0.3 is 38.2 Å². The molecule has 0 bridgehead atoms. The molecule has 5 N–H and O–H groups in total. The van der Waals surface area contributed by atoms with Gasteiger partial charge in [-0.05, 0) is 0 Å². The maximum absolute atomic E-state index is 8.30. The first-order chi connectivity index (χ1) is 18.0. The minimum absolute atomic E-state index is 0. The van der Waals surface area contributed by atoms with Gasteiger partial charge in [-0.25, -0.2) is 0 Å². The molecule has 0 atom stereocenters. The summed E-state index contributed by atoms with van der Waals surface area (Å²) in [7, 11) is 8.32. The van der Waals surface area contributed by atoms with Gasteiger partial charge in [-0.15, -0.1) is 0 Å². The molecule has 0 aromatic heterocycles. The van der Waals surface area contributed by atoms with Gasteiger partial charge in [0.25, 0.3) is 0 Å². The third-order valence-corrected chi connectivity index (χ3v) is 6.70. The molecule has 0 saturated heterocycles. The van der Waals surface area contributed by atoms with Crippen LogP contribution in [0.4, 0.5) is 0 Å². The van der Waals surface area contributed by atoms with Crippen LogP contribution in [-0.2, 0) is 0 Å². The highest BCUT2D eigenvalue weighted by Gasteiger charge is 1.95. The average molecular weight is 568 g/mol. The topological polar surface area (TPSA) is 73.1 Å². The molecule has 0 saturated carbocycles. The van der Waals surface area contributed by atoms with Crippen molar-refractivity contribution in [1.29, 1.82) is 0 Å². The van der Waals surface area contributed by atoms with Gasteiger partial charge in [0.15, 0.2) is 0 Å². The SMILES string of the molecule is CCCCCCCCCCCCCCCCCCCCCC[NH-].C[NH+](C)CCCO.C[NH+](C)CCCO.[Cl-]. The van der Waals surface area contributed by atoms with Gasteiger partial charge in [-0.1, -0.05) is 135 Å². The first-order valence-corrected chi connectivity index (χ1v) is 16.4. The highest BCUT2D eigenvalue weighted by molar-refractivity contribution is 4.53. The molecule has 0 aliphatic heterocycles. The lowest BCUT2D eigenvalue weighted by molar-refractivity contribution is -0.858. The number of aliphatic hydroxyl groups is 2. The van der Waals surface area contributed by atoms with Gasteiger partial charge in [-0.2, -0.15) is 6.54 Å². The molecule has 0 rings (SSSR count). The molecule has 0 heterocycles. The van der Waals surface area contributed by atoms with E-state index in [2.05, 4.69) is 35.1 Å². The minimum atomic E-state index is 0. The summed E-state index contributed by atoms with van der Waals surface area (Å²) < 4.78 is 0. The van der Waals surface area contributed by atoms with Crippen molar-refractivity contribution in [1.82, 2.24) is 0 Å². The Labute approximate surface area is 247 Å². The maximum Gasteiger partial charge on any atom is 0.0789 e. The lowest BCUT2D eigenvalue weighted by Gasteiger charge is -2.04. The molecule has 0 amide bonds. The number of halogens is 1. The van der Waals surface area contributed by atoms with E-state index in [0.29, 0.717) is 19.8 Å². The molecule has 0 unspecified atom stereocenters. The van der Waals surface area contributed by atoms with E-state index in [9.17, 15) is 0 Å². The number of unbranched alkanes of at least 4 members (excludes halogenated alkanes) is 19. The van der Waals surface area contributed by atoms with Gasteiger partial charge in [0.05, 0.1) is 41.3 Å². The molecule has 38 heavy (non-hydrogen) atoms. The summed E-state index contributed by atoms with van der Waals surface area (Å²) >= 11 is 0. The molecule has 6 heteroatoms. The molecule has 0 fully saturated rings. The summed E-state index contributed by atoms with van der Waals surface area (Å²) in [5, 5.41) is 16.6. The monoisotopic (exact) mass is 568 g/mol. The zero-order chi connectivity index (χ0) is 28.2. The Morgan fingerprint density at radius 1 is 0.421 bits per heavy atom. The second-order valence-corrected chi connectivity index (χ2v) is 11.5. The Morgan fingerprint density at radius 2 is 0.658 bits per heavy atom. The molecule has 0 aromatic rings. The van der Waals surface area contributed by atoms with Crippen LogP contribution in [0.25, 0.3) is 5.73 Å². The van der Waals surface area contributed by atoms with Gasteiger partial charge in [0, 0.05) is 26.1 Å². The van der Waals surface area contributed by atoms with Crippen LogP contribution in [0.5, 0.6) is 0 Å². The van der Waals surface area contributed by atoms with Crippen molar-refractivity contribution in [2.45, 2.75) is 148 Å². The standard InChI is InChI=1S/C22H46N.2C5H13NO.ClH/c1-2-3-4-5-6-7-8-9-10-11-12-13-14-15-16-17-18-19-20-21-22-23;2*1-6(2)4-3-5-7;/h23H,2-22H2,1H3;2*7H,3-5H2,1-2H3;1H/q-1;;;/p+1. The number of rotatable bonds is 26. The van der Waals surface area contributed by atoms with Crippen molar-refractivity contribution in [3.05, 3.63) is 5.73 Å². The van der Waals surface area contributed by atoms with E-state index < -0.39 is 0 Å². The van der Waals surface area contributed by atoms with Crippen LogP contribution in [0.15, 0.2) is 0 Å². The predicted octanol–water partition coefficient (Wildman–Crippen LogP) is 2.89. The van der Waals surface area contributed by atoms with E-state index in [0.717, 1.165) is 32.4 Å². The van der Waals surface area contributed by atoms with Crippen LogP contribution in [-0.4, -0.2) is 71.3 Å². The van der Waals surface area contributed by atoms with Gasteiger partial charge in [0.1, 0.15) is 0 Å². The third kappa shape index (κ3) is 56.3. The molecular formula is C32H74ClN3O2. The Bertz CT molecular complexity index is 330. The second-order valence-electron chi connectivity index (χ2n) is 11.5. The van der Waals surface area contributed by atoms with E-state index in [4.69, 9.17) is 15.9 Å². The smallest absolute Gasteiger partial charge is 0.0789 e. The van der Waals surface area contributed by atoms with E-state index in [1.807, 2.05) is 0 Å². The first kappa shape index (κ1) is 45.1. The van der Waals surface area contributed by atoms with Crippen molar-refractivity contribution in [2.24, 2.45) is 0 Å². The van der Waals surface area contributed by atoms with Crippen LogP contribution < -0.4 is 22.2 Å². The maximum atomic E-state index is 8.30. The number of hydrogen-bond acceptors (Lipinski definition) is 2. The van der Waals surface area contributed by atoms with Crippen molar-refractivity contribution in [3.63, 3.8) is 0 Å². The van der Waals surface area contributed by atoms with Gasteiger partial charge >= 0.3 is 0 Å². The van der Waals surface area contributed by atoms with Crippen LogP contribution >= 0.6 is 0 Å². The Balaban J connectivity index is -0.000000315. The summed E-state index contributed by atoms with van der Waals surface area (Å²) in [5.74, 6) is 0. The highest BCUT2D eigenvalue weighted by atomic mass is 35.5. The molecule has 0 aromatic carbocycles. The summed E-state index contributed by atoms with van der Waals surface area (Å²) in [5.41, 5.74) is 7.11. The van der Waals surface area contributed by atoms with Gasteiger partial charge in [-0.3, -0.25) is 0 Å². The molecule has 5 nitrogen and oxygen atoms in total. The normalized spacial score (nSPS) is 10.6. The Morgan fingerprint density at radius 3 is 0.816 bits per heavy atom. The van der Waals surface area contributed by atoms with Crippen LogP contribution in [0, 0.1) is 0 Å². The molecule has 0 aliphatic carbocycles.